The van der Waals surface area contributed by atoms with E-state index >= 15 is 0 Å². The zero-order chi connectivity index (χ0) is 30.0. The Hall–Kier alpha value is -3.97. The van der Waals surface area contributed by atoms with E-state index in [1.807, 2.05) is 65.7 Å². The molecule has 0 aliphatic carbocycles. The number of hydrogen-bond acceptors (Lipinski definition) is 10. The third kappa shape index (κ3) is 7.71. The van der Waals surface area contributed by atoms with Gasteiger partial charge in [-0.1, -0.05) is 15.9 Å². The molecule has 0 bridgehead atoms. The van der Waals surface area contributed by atoms with E-state index in [4.69, 9.17) is 23.7 Å². The Morgan fingerprint density at radius 3 is 2.02 bits per heavy atom. The van der Waals surface area contributed by atoms with Crippen molar-refractivity contribution in [1.29, 1.82) is 0 Å². The number of benzene rings is 3. The molecule has 12 heteroatoms. The molecule has 1 aliphatic rings. The molecular formula is C31H34BrN5O6. The first-order chi connectivity index (χ1) is 21.1. The molecule has 0 saturated carbocycles. The number of carbonyl (C=O) groups is 1. The van der Waals surface area contributed by atoms with Gasteiger partial charge in [0.15, 0.2) is 11.5 Å². The van der Waals surface area contributed by atoms with E-state index in [-0.39, 0.29) is 0 Å². The van der Waals surface area contributed by atoms with Crippen molar-refractivity contribution in [1.82, 2.24) is 15.0 Å². The summed E-state index contributed by atoms with van der Waals surface area (Å²) in [5.74, 6) is 3.41. The summed E-state index contributed by atoms with van der Waals surface area (Å²) in [5.41, 5.74) is 1.51. The van der Waals surface area contributed by atoms with Crippen molar-refractivity contribution >= 4 is 44.7 Å². The number of carbonyl (C=O) groups excluding carboxylic acids is 1. The number of anilines is 2. The first-order valence-corrected chi connectivity index (χ1v) is 14.7. The van der Waals surface area contributed by atoms with Crippen molar-refractivity contribution in [3.8, 4) is 23.0 Å². The molecule has 43 heavy (non-hydrogen) atoms. The highest BCUT2D eigenvalue weighted by Gasteiger charge is 2.25. The summed E-state index contributed by atoms with van der Waals surface area (Å²) in [4.78, 5) is 23.5. The first-order valence-electron chi connectivity index (χ1n) is 13.9. The van der Waals surface area contributed by atoms with E-state index < -0.39 is 0 Å². The Morgan fingerprint density at radius 2 is 1.42 bits per heavy atom. The van der Waals surface area contributed by atoms with Crippen LogP contribution in [0.1, 0.15) is 0 Å². The van der Waals surface area contributed by atoms with Crippen LogP contribution in [0.4, 0.5) is 11.5 Å². The molecule has 1 aliphatic heterocycles. The summed E-state index contributed by atoms with van der Waals surface area (Å²) in [7, 11) is 3.26. The van der Waals surface area contributed by atoms with Gasteiger partial charge in [0.25, 0.3) is 0 Å². The summed E-state index contributed by atoms with van der Waals surface area (Å²) in [5, 5.41) is 4.53. The van der Waals surface area contributed by atoms with Gasteiger partial charge in [0.05, 0.1) is 24.4 Å². The molecule has 1 amide bonds. The number of hydrazine groups is 1. The predicted molar refractivity (Wildman–Crippen MR) is 167 cm³/mol. The summed E-state index contributed by atoms with van der Waals surface area (Å²) in [6.07, 6.45) is 2.40. The molecule has 3 aromatic carbocycles. The number of nitrogens with zero attached hydrogens (tertiary/aromatic N) is 5. The van der Waals surface area contributed by atoms with Crippen LogP contribution >= 0.6 is 15.9 Å². The molecule has 2 heterocycles. The largest absolute Gasteiger partial charge is 0.487 e. The van der Waals surface area contributed by atoms with Crippen LogP contribution in [0.15, 0.2) is 71.5 Å². The van der Waals surface area contributed by atoms with Crippen LogP contribution in [0.5, 0.6) is 23.0 Å². The van der Waals surface area contributed by atoms with Crippen molar-refractivity contribution < 1.29 is 28.5 Å². The molecule has 0 N–H and O–H groups in total. The average molecular weight is 653 g/mol. The predicted octanol–water partition coefficient (Wildman–Crippen LogP) is 4.94. The lowest BCUT2D eigenvalue weighted by atomic mass is 10.2. The van der Waals surface area contributed by atoms with Crippen LogP contribution in [0.25, 0.3) is 10.9 Å². The van der Waals surface area contributed by atoms with Gasteiger partial charge < -0.3 is 28.6 Å². The van der Waals surface area contributed by atoms with Crippen molar-refractivity contribution in [3.63, 3.8) is 0 Å². The van der Waals surface area contributed by atoms with Crippen molar-refractivity contribution in [3.05, 3.63) is 71.5 Å². The number of halogens is 1. The molecule has 1 fully saturated rings. The topological polar surface area (TPSA) is 98.7 Å². The minimum Gasteiger partial charge on any atom is -0.487 e. The first kappa shape index (κ1) is 30.5. The molecule has 11 nitrogen and oxygen atoms in total. The van der Waals surface area contributed by atoms with Gasteiger partial charge in [0.1, 0.15) is 36.9 Å². The lowest BCUT2D eigenvalue weighted by molar-refractivity contribution is -0.110. The number of methoxy groups -OCH3 is 2. The molecular weight excluding hydrogens is 618 g/mol. The number of hydrogen-bond donors (Lipinski definition) is 0. The van der Waals surface area contributed by atoms with Crippen LogP contribution < -0.4 is 24.1 Å². The molecule has 1 aromatic heterocycles. The van der Waals surface area contributed by atoms with Crippen LogP contribution in [-0.4, -0.2) is 88.2 Å². The second-order valence-corrected chi connectivity index (χ2v) is 10.6. The van der Waals surface area contributed by atoms with Gasteiger partial charge >= 0.3 is 0 Å². The number of aromatic nitrogens is 2. The minimum absolute atomic E-state index is 0.378. The monoisotopic (exact) mass is 651 g/mol. The maximum absolute atomic E-state index is 12.2. The number of fused-ring (bicyclic) bond motifs is 1. The molecule has 0 radical (unpaired) electrons. The van der Waals surface area contributed by atoms with E-state index in [1.54, 1.807) is 25.6 Å². The Morgan fingerprint density at radius 1 is 0.814 bits per heavy atom. The van der Waals surface area contributed by atoms with Gasteiger partial charge in [0.2, 0.25) is 6.41 Å². The highest BCUT2D eigenvalue weighted by atomic mass is 79.9. The molecule has 4 aromatic rings. The van der Waals surface area contributed by atoms with E-state index in [9.17, 15) is 4.79 Å². The quantitative estimate of drug-likeness (QED) is 0.138. The Bertz CT molecular complexity index is 1480. The van der Waals surface area contributed by atoms with Gasteiger partial charge in [0, 0.05) is 56.3 Å². The van der Waals surface area contributed by atoms with Crippen molar-refractivity contribution in [2.24, 2.45) is 0 Å². The number of amides is 1. The van der Waals surface area contributed by atoms with E-state index in [0.717, 1.165) is 39.0 Å². The second-order valence-electron chi connectivity index (χ2n) is 9.64. The molecule has 0 spiro atoms. The fourth-order valence-corrected chi connectivity index (χ4v) is 4.98. The fraction of sp³-hybridized carbons (Fsp3) is 0.323. The zero-order valence-corrected chi connectivity index (χ0v) is 25.7. The smallest absolute Gasteiger partial charge is 0.228 e. The SMILES string of the molecule is COCCOc1cc2ncnc(N3CCN(N(C=O)c4ccc(Oc5ccc(Br)cc5)cc4)CC3)c2cc1OCCOC. The van der Waals surface area contributed by atoms with Gasteiger partial charge in [-0.2, -0.15) is 0 Å². The number of rotatable bonds is 14. The molecule has 226 valence electrons. The third-order valence-corrected chi connectivity index (χ3v) is 7.41. The van der Waals surface area contributed by atoms with Crippen molar-refractivity contribution in [2.75, 3.05) is 76.7 Å². The highest BCUT2D eigenvalue weighted by Crippen LogP contribution is 2.36. The van der Waals surface area contributed by atoms with Gasteiger partial charge in [-0.3, -0.25) is 4.79 Å². The summed E-state index contributed by atoms with van der Waals surface area (Å²) in [6, 6.07) is 18.9. The van der Waals surface area contributed by atoms with Crippen LogP contribution in [0, 0.1) is 0 Å². The average Bonchev–Trinajstić information content (AvgIpc) is 3.04. The van der Waals surface area contributed by atoms with Crippen LogP contribution in [-0.2, 0) is 14.3 Å². The Labute approximate surface area is 259 Å². The number of piperazine rings is 1. The molecule has 0 unspecified atom stereocenters. The normalized spacial score (nSPS) is 13.6. The lowest BCUT2D eigenvalue weighted by Crippen LogP contribution is -2.54. The lowest BCUT2D eigenvalue weighted by Gasteiger charge is -2.40. The van der Waals surface area contributed by atoms with Gasteiger partial charge in [-0.05, 0) is 54.6 Å². The van der Waals surface area contributed by atoms with E-state index in [0.29, 0.717) is 69.9 Å². The maximum Gasteiger partial charge on any atom is 0.228 e. The van der Waals surface area contributed by atoms with Crippen LogP contribution in [0.3, 0.4) is 0 Å². The minimum atomic E-state index is 0.378. The fourth-order valence-electron chi connectivity index (χ4n) is 4.72. The van der Waals surface area contributed by atoms with E-state index in [1.165, 1.54) is 0 Å². The zero-order valence-electron chi connectivity index (χ0n) is 24.1. The van der Waals surface area contributed by atoms with Gasteiger partial charge in [-0.25, -0.2) is 20.0 Å². The maximum atomic E-state index is 12.2. The number of ether oxygens (including phenoxy) is 5. The summed E-state index contributed by atoms with van der Waals surface area (Å²) < 4.78 is 29.1. The Kier molecular flexibility index (Phi) is 10.6. The highest BCUT2D eigenvalue weighted by molar-refractivity contribution is 9.10. The van der Waals surface area contributed by atoms with Crippen molar-refractivity contribution in [2.45, 2.75) is 0 Å². The van der Waals surface area contributed by atoms with Gasteiger partial charge in [-0.15, -0.1) is 0 Å². The van der Waals surface area contributed by atoms with E-state index in [2.05, 4.69) is 30.8 Å². The summed E-state index contributed by atoms with van der Waals surface area (Å²) >= 11 is 3.43. The molecule has 0 atom stereocenters. The second kappa shape index (κ2) is 15.0. The third-order valence-electron chi connectivity index (χ3n) is 6.88. The molecule has 5 rings (SSSR count). The van der Waals surface area contributed by atoms with Crippen LogP contribution in [0.2, 0.25) is 0 Å². The Balaban J connectivity index is 1.28. The standard InChI is InChI=1S/C31H34BrN5O6/c1-39-15-17-41-29-19-27-28(20-30(29)42-18-16-40-2)33-21-34-31(27)35-11-13-36(14-12-35)37(22-38)24-5-9-26(10-6-24)43-25-7-3-23(32)4-8-25/h3-10,19-22H,11-18H2,1-2H3. The molecule has 1 saturated heterocycles. The summed E-state index contributed by atoms with van der Waals surface area (Å²) in [6.45, 7) is 4.23.